The molecule has 1 aromatic rings. The Kier molecular flexibility index (Phi) is 4.54. The molecule has 0 aromatic carbocycles. The molecule has 0 saturated carbocycles. The molecule has 1 saturated heterocycles. The normalized spacial score (nSPS) is 25.4. The van der Waals surface area contributed by atoms with Crippen LogP contribution in [-0.2, 0) is 11.3 Å². The van der Waals surface area contributed by atoms with Crippen molar-refractivity contribution >= 4 is 11.3 Å². The Hall–Kier alpha value is -0.450. The van der Waals surface area contributed by atoms with E-state index in [2.05, 4.69) is 36.5 Å². The van der Waals surface area contributed by atoms with Gasteiger partial charge in [-0.25, -0.2) is 4.98 Å². The number of hydrogen-bond donors (Lipinski definition) is 1. The lowest BCUT2D eigenvalue weighted by Crippen LogP contribution is -2.40. The quantitative estimate of drug-likeness (QED) is 0.897. The van der Waals surface area contributed by atoms with Gasteiger partial charge in [0, 0.05) is 17.8 Å². The van der Waals surface area contributed by atoms with Gasteiger partial charge in [-0.05, 0) is 18.9 Å². The van der Waals surface area contributed by atoms with E-state index < -0.39 is 0 Å². The van der Waals surface area contributed by atoms with Crippen LogP contribution >= 0.6 is 11.3 Å². The van der Waals surface area contributed by atoms with Crippen molar-refractivity contribution in [1.29, 1.82) is 0 Å². The molecular weight excluding hydrogens is 232 g/mol. The highest BCUT2D eigenvalue weighted by Gasteiger charge is 2.21. The maximum absolute atomic E-state index is 5.96. The first-order chi connectivity index (χ1) is 8.16. The molecule has 17 heavy (non-hydrogen) atoms. The maximum atomic E-state index is 5.96. The predicted molar refractivity (Wildman–Crippen MR) is 71.4 cm³/mol. The summed E-state index contributed by atoms with van der Waals surface area (Å²) in [5.41, 5.74) is 1.08. The zero-order valence-corrected chi connectivity index (χ0v) is 11.7. The van der Waals surface area contributed by atoms with Crippen LogP contribution in [0.25, 0.3) is 0 Å². The highest BCUT2D eigenvalue weighted by Crippen LogP contribution is 2.21. The van der Waals surface area contributed by atoms with Gasteiger partial charge in [-0.15, -0.1) is 11.3 Å². The Morgan fingerprint density at radius 3 is 3.06 bits per heavy atom. The smallest absolute Gasteiger partial charge is 0.0954 e. The summed E-state index contributed by atoms with van der Waals surface area (Å²) < 4.78 is 5.96. The van der Waals surface area contributed by atoms with Crippen molar-refractivity contribution in [2.24, 2.45) is 5.92 Å². The van der Waals surface area contributed by atoms with Crippen LogP contribution in [0.4, 0.5) is 0 Å². The average molecular weight is 254 g/mol. The minimum absolute atomic E-state index is 0.341. The first kappa shape index (κ1) is 13.0. The second kappa shape index (κ2) is 5.94. The monoisotopic (exact) mass is 254 g/mol. The van der Waals surface area contributed by atoms with E-state index >= 15 is 0 Å². The third-order valence-corrected chi connectivity index (χ3v) is 4.46. The molecule has 1 N–H and O–H groups in total. The zero-order valence-electron chi connectivity index (χ0n) is 10.9. The van der Waals surface area contributed by atoms with Gasteiger partial charge in [0.25, 0.3) is 0 Å². The fourth-order valence-corrected chi connectivity index (χ4v) is 2.85. The van der Waals surface area contributed by atoms with Crippen LogP contribution in [0.3, 0.4) is 0 Å². The third kappa shape index (κ3) is 3.50. The minimum atomic E-state index is 0.341. The Labute approximate surface area is 108 Å². The molecule has 2 rings (SSSR count). The summed E-state index contributed by atoms with van der Waals surface area (Å²) in [7, 11) is 0. The molecule has 96 valence electrons. The lowest BCUT2D eigenvalue weighted by atomic mass is 9.97. The molecule has 0 bridgehead atoms. The van der Waals surface area contributed by atoms with E-state index in [1.165, 1.54) is 11.4 Å². The van der Waals surface area contributed by atoms with Gasteiger partial charge in [-0.3, -0.25) is 0 Å². The SMILES string of the molecule is CC(C)c1nc(COC2CNCCC2C)cs1. The van der Waals surface area contributed by atoms with E-state index in [0.29, 0.717) is 24.5 Å². The standard InChI is InChI=1S/C13H22N2OS/c1-9(2)13-15-11(8-17-13)7-16-12-6-14-5-4-10(12)3/h8-10,12,14H,4-7H2,1-3H3. The van der Waals surface area contributed by atoms with Crippen molar-refractivity contribution in [3.8, 4) is 0 Å². The molecule has 2 heterocycles. The molecule has 1 aliphatic rings. The number of nitrogens with zero attached hydrogens (tertiary/aromatic N) is 1. The first-order valence-corrected chi connectivity index (χ1v) is 7.31. The van der Waals surface area contributed by atoms with E-state index in [4.69, 9.17) is 4.74 Å². The van der Waals surface area contributed by atoms with Gasteiger partial charge < -0.3 is 10.1 Å². The second-order valence-corrected chi connectivity index (χ2v) is 6.04. The Bertz CT molecular complexity index is 351. The number of rotatable bonds is 4. The lowest BCUT2D eigenvalue weighted by molar-refractivity contribution is -0.00781. The summed E-state index contributed by atoms with van der Waals surface area (Å²) in [5, 5.41) is 6.71. The van der Waals surface area contributed by atoms with Crippen molar-refractivity contribution in [3.05, 3.63) is 16.1 Å². The van der Waals surface area contributed by atoms with Gasteiger partial charge >= 0.3 is 0 Å². The fraction of sp³-hybridized carbons (Fsp3) is 0.769. The molecule has 1 fully saturated rings. The van der Waals surface area contributed by atoms with Crippen molar-refractivity contribution in [2.45, 2.75) is 45.8 Å². The molecule has 0 aliphatic carbocycles. The lowest BCUT2D eigenvalue weighted by Gasteiger charge is -2.29. The molecule has 0 amide bonds. The molecule has 1 aliphatic heterocycles. The Morgan fingerprint density at radius 2 is 2.41 bits per heavy atom. The molecule has 2 atom stereocenters. The van der Waals surface area contributed by atoms with Gasteiger partial charge in [0.05, 0.1) is 23.4 Å². The van der Waals surface area contributed by atoms with Gasteiger partial charge in [0.2, 0.25) is 0 Å². The van der Waals surface area contributed by atoms with E-state index in [9.17, 15) is 0 Å². The molecule has 1 aromatic heterocycles. The van der Waals surface area contributed by atoms with Crippen LogP contribution in [0.15, 0.2) is 5.38 Å². The molecular formula is C13H22N2OS. The highest BCUT2D eigenvalue weighted by atomic mass is 32.1. The fourth-order valence-electron chi connectivity index (χ4n) is 2.03. The number of piperidine rings is 1. The van der Waals surface area contributed by atoms with Gasteiger partial charge in [-0.2, -0.15) is 0 Å². The van der Waals surface area contributed by atoms with Gasteiger partial charge in [0.15, 0.2) is 0 Å². The van der Waals surface area contributed by atoms with E-state index in [1.807, 2.05) is 0 Å². The maximum Gasteiger partial charge on any atom is 0.0954 e. The van der Waals surface area contributed by atoms with Crippen LogP contribution in [0.1, 0.15) is 43.8 Å². The average Bonchev–Trinajstić information content (AvgIpc) is 2.77. The van der Waals surface area contributed by atoms with Crippen molar-refractivity contribution in [2.75, 3.05) is 13.1 Å². The van der Waals surface area contributed by atoms with Crippen LogP contribution in [0.5, 0.6) is 0 Å². The van der Waals surface area contributed by atoms with Gasteiger partial charge in [0.1, 0.15) is 0 Å². The predicted octanol–water partition coefficient (Wildman–Crippen LogP) is 2.78. The van der Waals surface area contributed by atoms with Crippen LogP contribution in [-0.4, -0.2) is 24.2 Å². The largest absolute Gasteiger partial charge is 0.370 e. The minimum Gasteiger partial charge on any atom is -0.370 e. The number of hydrogen-bond acceptors (Lipinski definition) is 4. The van der Waals surface area contributed by atoms with Crippen molar-refractivity contribution in [3.63, 3.8) is 0 Å². The highest BCUT2D eigenvalue weighted by molar-refractivity contribution is 7.09. The number of ether oxygens (including phenoxy) is 1. The number of thiazole rings is 1. The topological polar surface area (TPSA) is 34.1 Å². The van der Waals surface area contributed by atoms with Crippen LogP contribution < -0.4 is 5.32 Å². The number of aromatic nitrogens is 1. The molecule has 0 spiro atoms. The summed E-state index contributed by atoms with van der Waals surface area (Å²) in [5.74, 6) is 1.17. The second-order valence-electron chi connectivity index (χ2n) is 5.15. The molecule has 2 unspecified atom stereocenters. The summed E-state index contributed by atoms with van der Waals surface area (Å²) >= 11 is 1.74. The summed E-state index contributed by atoms with van der Waals surface area (Å²) in [6.07, 6.45) is 1.55. The van der Waals surface area contributed by atoms with Crippen LogP contribution in [0.2, 0.25) is 0 Å². The zero-order chi connectivity index (χ0) is 12.3. The number of nitrogens with one attached hydrogen (secondary N) is 1. The molecule has 4 heteroatoms. The van der Waals surface area contributed by atoms with E-state index in [-0.39, 0.29) is 0 Å². The Morgan fingerprint density at radius 1 is 1.59 bits per heavy atom. The van der Waals surface area contributed by atoms with Crippen molar-refractivity contribution < 1.29 is 4.74 Å². The van der Waals surface area contributed by atoms with E-state index in [1.54, 1.807) is 11.3 Å². The van der Waals surface area contributed by atoms with Crippen molar-refractivity contribution in [1.82, 2.24) is 10.3 Å². The summed E-state index contributed by atoms with van der Waals surface area (Å²) in [6, 6.07) is 0. The third-order valence-electron chi connectivity index (χ3n) is 3.27. The van der Waals surface area contributed by atoms with Crippen LogP contribution in [0, 0.1) is 5.92 Å². The Balaban J connectivity index is 1.84. The first-order valence-electron chi connectivity index (χ1n) is 6.43. The molecule has 3 nitrogen and oxygen atoms in total. The molecule has 0 radical (unpaired) electrons. The summed E-state index contributed by atoms with van der Waals surface area (Å²) in [4.78, 5) is 4.59. The van der Waals surface area contributed by atoms with E-state index in [0.717, 1.165) is 18.8 Å². The van der Waals surface area contributed by atoms with Gasteiger partial charge in [-0.1, -0.05) is 20.8 Å². The summed E-state index contributed by atoms with van der Waals surface area (Å²) in [6.45, 7) is 9.37.